The van der Waals surface area contributed by atoms with Crippen molar-refractivity contribution in [2.24, 2.45) is 5.92 Å². The van der Waals surface area contributed by atoms with E-state index >= 15 is 0 Å². The molecule has 0 bridgehead atoms. The summed E-state index contributed by atoms with van der Waals surface area (Å²) >= 11 is 13.0. The highest BCUT2D eigenvalue weighted by molar-refractivity contribution is 7.90. The average Bonchev–Trinajstić information content (AvgIpc) is 2.77. The van der Waals surface area contributed by atoms with Crippen LogP contribution in [0.3, 0.4) is 0 Å². The van der Waals surface area contributed by atoms with E-state index in [9.17, 15) is 13.2 Å². The Morgan fingerprint density at radius 3 is 2.18 bits per heavy atom. The van der Waals surface area contributed by atoms with Crippen LogP contribution in [0.25, 0.3) is 16.0 Å². The lowest BCUT2D eigenvalue weighted by Crippen LogP contribution is -2.22. The second kappa shape index (κ2) is 10.6. The number of amides is 1. The quantitative estimate of drug-likeness (QED) is 0.354. The minimum Gasteiger partial charge on any atom is -0.348 e. The number of nitrogens with zero attached hydrogens (tertiary/aromatic N) is 1. The normalized spacial score (nSPS) is 11.3. The molecule has 0 spiro atoms. The third kappa shape index (κ3) is 6.18. The van der Waals surface area contributed by atoms with Gasteiger partial charge in [0.2, 0.25) is 0 Å². The van der Waals surface area contributed by atoms with Gasteiger partial charge < -0.3 is 5.32 Å². The van der Waals surface area contributed by atoms with Crippen LogP contribution in [0.5, 0.6) is 0 Å². The Morgan fingerprint density at radius 2 is 1.65 bits per heavy atom. The molecule has 0 unspecified atom stereocenters. The number of hydrogen-bond donors (Lipinski definition) is 1. The van der Waals surface area contributed by atoms with E-state index in [-0.39, 0.29) is 17.3 Å². The monoisotopic (exact) mass is 514 g/mol. The van der Waals surface area contributed by atoms with Gasteiger partial charge in [0, 0.05) is 23.9 Å². The lowest BCUT2D eigenvalue weighted by Gasteiger charge is -2.13. The average molecular weight is 515 g/mol. The maximum atomic E-state index is 12.7. The fourth-order valence-electron chi connectivity index (χ4n) is 3.55. The fraction of sp³-hybridized carbons (Fsp3) is 0.231. The summed E-state index contributed by atoms with van der Waals surface area (Å²) in [6, 6.07) is 15.0. The van der Waals surface area contributed by atoms with Gasteiger partial charge in [0.15, 0.2) is 15.5 Å². The Bertz CT molecular complexity index is 1350. The molecular formula is C26H24Cl2N2O3S. The molecule has 0 aliphatic carbocycles. The summed E-state index contributed by atoms with van der Waals surface area (Å²) in [7, 11) is -3.28. The van der Waals surface area contributed by atoms with Gasteiger partial charge in [-0.3, -0.25) is 4.79 Å². The summed E-state index contributed by atoms with van der Waals surface area (Å²) in [5.74, 6) is 0.0608. The van der Waals surface area contributed by atoms with Crippen molar-refractivity contribution in [3.8, 4) is 11.1 Å². The molecule has 0 aliphatic heterocycles. The third-order valence-corrected chi connectivity index (χ3v) is 6.96. The van der Waals surface area contributed by atoms with Crippen LogP contribution in [-0.4, -0.2) is 20.6 Å². The van der Waals surface area contributed by atoms with Crippen molar-refractivity contribution in [2.45, 2.75) is 31.7 Å². The third-order valence-electron chi connectivity index (χ3n) is 5.23. The second-order valence-electron chi connectivity index (χ2n) is 8.47. The van der Waals surface area contributed by atoms with Crippen molar-refractivity contribution in [1.29, 1.82) is 0 Å². The smallest absolute Gasteiger partial charge is 0.251 e. The van der Waals surface area contributed by atoms with Gasteiger partial charge in [-0.15, -0.1) is 0 Å². The minimum atomic E-state index is -3.28. The maximum Gasteiger partial charge on any atom is 0.251 e. The van der Waals surface area contributed by atoms with Crippen molar-refractivity contribution in [2.75, 3.05) is 6.26 Å². The zero-order valence-corrected chi connectivity index (χ0v) is 21.4. The number of benzene rings is 3. The Morgan fingerprint density at radius 1 is 1.03 bits per heavy atom. The van der Waals surface area contributed by atoms with E-state index in [0.29, 0.717) is 38.3 Å². The van der Waals surface area contributed by atoms with Gasteiger partial charge >= 0.3 is 0 Å². The molecule has 3 aromatic rings. The summed E-state index contributed by atoms with van der Waals surface area (Å²) in [5.41, 5.74) is 3.86. The lowest BCUT2D eigenvalue weighted by molar-refractivity contribution is 0.0951. The highest BCUT2D eigenvalue weighted by Gasteiger charge is 2.16. The van der Waals surface area contributed by atoms with E-state index in [2.05, 4.69) is 24.0 Å². The fourth-order valence-corrected chi connectivity index (χ4v) is 4.89. The van der Waals surface area contributed by atoms with Crippen molar-refractivity contribution in [3.05, 3.63) is 92.8 Å². The van der Waals surface area contributed by atoms with Crippen LogP contribution in [0.1, 0.15) is 35.3 Å². The molecule has 0 fully saturated rings. The Labute approximate surface area is 210 Å². The van der Waals surface area contributed by atoms with Crippen LogP contribution in [0.15, 0.2) is 59.5 Å². The zero-order chi connectivity index (χ0) is 25.0. The van der Waals surface area contributed by atoms with Crippen molar-refractivity contribution < 1.29 is 13.2 Å². The van der Waals surface area contributed by atoms with E-state index in [4.69, 9.17) is 29.8 Å². The number of nitrogens with one attached hydrogen (secondary N) is 1. The van der Waals surface area contributed by atoms with Crippen molar-refractivity contribution in [3.63, 3.8) is 0 Å². The first kappa shape index (κ1) is 25.8. The van der Waals surface area contributed by atoms with E-state index in [1.54, 1.807) is 30.3 Å². The molecule has 5 nitrogen and oxygen atoms in total. The Kier molecular flexibility index (Phi) is 8.04. The molecule has 8 heteroatoms. The molecule has 0 saturated heterocycles. The summed E-state index contributed by atoms with van der Waals surface area (Å²) in [6.07, 6.45) is 1.94. The van der Waals surface area contributed by atoms with Crippen LogP contribution in [0.2, 0.25) is 10.0 Å². The van der Waals surface area contributed by atoms with Gasteiger partial charge in [-0.2, -0.15) is 0 Å². The largest absolute Gasteiger partial charge is 0.348 e. The van der Waals surface area contributed by atoms with Crippen LogP contribution >= 0.6 is 23.2 Å². The van der Waals surface area contributed by atoms with Gasteiger partial charge in [-0.25, -0.2) is 13.3 Å². The lowest BCUT2D eigenvalue weighted by atomic mass is 9.96. The Balaban J connectivity index is 1.80. The van der Waals surface area contributed by atoms with Crippen LogP contribution in [0, 0.1) is 12.5 Å². The molecule has 0 heterocycles. The van der Waals surface area contributed by atoms with E-state index < -0.39 is 9.84 Å². The predicted molar refractivity (Wildman–Crippen MR) is 137 cm³/mol. The molecular weight excluding hydrogens is 491 g/mol. The predicted octanol–water partition coefficient (Wildman–Crippen LogP) is 6.74. The molecule has 1 amide bonds. The first-order valence-electron chi connectivity index (χ1n) is 10.6. The van der Waals surface area contributed by atoms with Gasteiger partial charge in [0.25, 0.3) is 5.91 Å². The molecule has 34 heavy (non-hydrogen) atoms. The highest BCUT2D eigenvalue weighted by Crippen LogP contribution is 2.38. The molecule has 1 N–H and O–H groups in total. The molecule has 176 valence electrons. The van der Waals surface area contributed by atoms with E-state index in [1.807, 2.05) is 12.1 Å². The zero-order valence-electron chi connectivity index (χ0n) is 19.0. The molecule has 0 aromatic heterocycles. The maximum absolute atomic E-state index is 12.7. The number of carbonyl (C=O) groups excluding carboxylic acids is 1. The Hall–Kier alpha value is -2.85. The number of rotatable bonds is 7. The summed E-state index contributed by atoms with van der Waals surface area (Å²) in [4.78, 5) is 16.6. The van der Waals surface area contributed by atoms with Gasteiger partial charge in [-0.05, 0) is 59.4 Å². The molecule has 0 atom stereocenters. The second-order valence-corrected chi connectivity index (χ2v) is 11.3. The summed E-state index contributed by atoms with van der Waals surface area (Å²) in [5, 5.41) is 3.40. The first-order valence-corrected chi connectivity index (χ1v) is 13.2. The molecule has 3 rings (SSSR count). The number of hydrogen-bond acceptors (Lipinski definition) is 3. The summed E-state index contributed by atoms with van der Waals surface area (Å²) in [6.45, 7) is 11.9. The van der Waals surface area contributed by atoms with E-state index in [1.165, 1.54) is 12.1 Å². The topological polar surface area (TPSA) is 67.6 Å². The SMILES string of the molecule is [C-]#[N+]c1cc(-c2c(Cl)cc(C(=O)NCc3ccc(S(C)(=O)=O)cc3)cc2Cl)ccc1CC(C)C. The molecule has 0 radical (unpaired) electrons. The van der Waals surface area contributed by atoms with Crippen molar-refractivity contribution in [1.82, 2.24) is 5.32 Å². The number of sulfone groups is 1. The molecule has 0 aliphatic rings. The first-order chi connectivity index (χ1) is 16.0. The van der Waals surface area contributed by atoms with Crippen molar-refractivity contribution >= 4 is 44.6 Å². The van der Waals surface area contributed by atoms with Crippen LogP contribution in [-0.2, 0) is 22.8 Å². The summed E-state index contributed by atoms with van der Waals surface area (Å²) < 4.78 is 23.1. The number of halogens is 2. The van der Waals surface area contributed by atoms with E-state index in [0.717, 1.165) is 23.8 Å². The molecule has 0 saturated carbocycles. The van der Waals surface area contributed by atoms with Gasteiger partial charge in [0.05, 0.1) is 21.5 Å². The number of carbonyl (C=O) groups is 1. The van der Waals surface area contributed by atoms with Gasteiger partial charge in [-0.1, -0.05) is 61.3 Å². The minimum absolute atomic E-state index is 0.214. The van der Waals surface area contributed by atoms with Crippen LogP contribution < -0.4 is 5.32 Å². The standard InChI is InChI=1S/C26H24Cl2N2O3S/c1-16(2)11-18-7-8-19(14-24(18)29-3)25-22(27)12-20(13-23(25)28)26(31)30-15-17-5-9-21(10-6-17)34(4,32)33/h5-10,12-14,16H,11,15H2,1-2,4H3,(H,30,31). The highest BCUT2D eigenvalue weighted by atomic mass is 35.5. The van der Waals surface area contributed by atoms with Gasteiger partial charge in [0.1, 0.15) is 0 Å². The van der Waals surface area contributed by atoms with Crippen LogP contribution in [0.4, 0.5) is 5.69 Å². The molecule has 3 aromatic carbocycles.